The van der Waals surface area contributed by atoms with Gasteiger partial charge in [0.2, 0.25) is 34.8 Å². The highest BCUT2D eigenvalue weighted by atomic mass is 35.5. The Balaban J connectivity index is 1.82. The number of halogens is 7. The van der Waals surface area contributed by atoms with Crippen LogP contribution >= 0.6 is 23.2 Å². The van der Waals surface area contributed by atoms with Gasteiger partial charge in [0.15, 0.2) is 0 Å². The molecule has 1 amide bonds. The fraction of sp³-hybridized carbons (Fsp3) is 0.294. The number of carbonyl (C=O) groups is 2. The number of nitrogens with zero attached hydrogens (tertiary/aromatic N) is 1. The molecule has 1 aromatic carbocycles. The third-order valence-corrected chi connectivity index (χ3v) is 4.71. The van der Waals surface area contributed by atoms with Crippen LogP contribution < -0.4 is 4.74 Å². The van der Waals surface area contributed by atoms with Gasteiger partial charge >= 0.3 is 5.97 Å². The fourth-order valence-corrected chi connectivity index (χ4v) is 2.77. The van der Waals surface area contributed by atoms with Crippen LogP contribution in [0.1, 0.15) is 25.7 Å². The third-order valence-electron chi connectivity index (χ3n) is 3.85. The van der Waals surface area contributed by atoms with Crippen molar-refractivity contribution in [2.24, 2.45) is 0 Å². The number of allylic oxidation sites excluding steroid dienone is 1. The molecule has 0 radical (unpaired) electrons. The van der Waals surface area contributed by atoms with Gasteiger partial charge in [0.25, 0.3) is 5.91 Å². The van der Waals surface area contributed by atoms with Gasteiger partial charge in [0.05, 0.1) is 10.7 Å². The lowest BCUT2D eigenvalue weighted by atomic mass is 10.2. The second-order valence-electron chi connectivity index (χ2n) is 5.72. The van der Waals surface area contributed by atoms with Crippen molar-refractivity contribution in [3.8, 4) is 5.75 Å². The number of esters is 1. The van der Waals surface area contributed by atoms with Crippen LogP contribution in [0.25, 0.3) is 0 Å². The van der Waals surface area contributed by atoms with Gasteiger partial charge in [-0.05, 0) is 12.8 Å². The lowest BCUT2D eigenvalue weighted by Crippen LogP contribution is -2.25. The van der Waals surface area contributed by atoms with E-state index in [0.29, 0.717) is 12.8 Å². The van der Waals surface area contributed by atoms with Crippen LogP contribution in [0.15, 0.2) is 22.3 Å². The Bertz CT molecular complexity index is 835. The zero-order chi connectivity index (χ0) is 21.2. The predicted molar refractivity (Wildman–Crippen MR) is 89.9 cm³/mol. The number of hydrogen-bond acceptors (Lipinski definition) is 3. The SMILES string of the molecule is C=C1C(Cl)=C(Cl)C(=O)N1CCCCCC(=O)Oc1c(F)c(F)c(F)c(F)c1F. The standard InChI is InChI=1S/C17H12Cl2F5NO3/c1-7-9(18)10(19)17(27)25(7)6-4-2-3-5-8(26)28-16-14(23)12(21)11(20)13(22)15(16)24/h1-6H2. The van der Waals surface area contributed by atoms with Crippen LogP contribution in [0.2, 0.25) is 0 Å². The smallest absolute Gasteiger partial charge is 0.311 e. The molecule has 1 aliphatic heterocycles. The van der Waals surface area contributed by atoms with Crippen molar-refractivity contribution in [1.29, 1.82) is 0 Å². The summed E-state index contributed by atoms with van der Waals surface area (Å²) in [6, 6.07) is 0. The number of benzene rings is 1. The van der Waals surface area contributed by atoms with Gasteiger partial charge in [-0.3, -0.25) is 9.59 Å². The van der Waals surface area contributed by atoms with Crippen molar-refractivity contribution in [2.75, 3.05) is 6.54 Å². The number of hydrogen-bond donors (Lipinski definition) is 0. The highest BCUT2D eigenvalue weighted by Gasteiger charge is 2.31. The molecule has 0 unspecified atom stereocenters. The lowest BCUT2D eigenvalue weighted by Gasteiger charge is -2.17. The Morgan fingerprint density at radius 3 is 1.93 bits per heavy atom. The van der Waals surface area contributed by atoms with E-state index in [1.807, 2.05) is 0 Å². The molecule has 0 aromatic heterocycles. The van der Waals surface area contributed by atoms with E-state index < -0.39 is 46.7 Å². The van der Waals surface area contributed by atoms with Crippen LogP contribution in [-0.4, -0.2) is 23.3 Å². The van der Waals surface area contributed by atoms with Gasteiger partial charge in [-0.2, -0.15) is 8.78 Å². The van der Waals surface area contributed by atoms with E-state index in [1.165, 1.54) is 4.90 Å². The van der Waals surface area contributed by atoms with Gasteiger partial charge in [-0.15, -0.1) is 0 Å². The first kappa shape index (κ1) is 22.2. The summed E-state index contributed by atoms with van der Waals surface area (Å²) in [4.78, 5) is 24.7. The molecule has 4 nitrogen and oxygen atoms in total. The molecule has 0 spiro atoms. The first-order valence-electron chi connectivity index (χ1n) is 7.86. The molecule has 2 rings (SSSR count). The highest BCUT2D eigenvalue weighted by Crippen LogP contribution is 2.33. The van der Waals surface area contributed by atoms with Crippen LogP contribution in [0.4, 0.5) is 22.0 Å². The molecule has 152 valence electrons. The maximum Gasteiger partial charge on any atom is 0.311 e. The van der Waals surface area contributed by atoms with Gasteiger partial charge in [0.1, 0.15) is 5.03 Å². The van der Waals surface area contributed by atoms with Crippen LogP contribution in [0, 0.1) is 29.1 Å². The minimum Gasteiger partial charge on any atom is -0.420 e. The first-order chi connectivity index (χ1) is 13.1. The lowest BCUT2D eigenvalue weighted by molar-refractivity contribution is -0.135. The second kappa shape index (κ2) is 8.91. The number of amides is 1. The molecule has 0 saturated heterocycles. The molecule has 1 aliphatic rings. The molecule has 1 heterocycles. The molecule has 0 N–H and O–H groups in total. The average molecular weight is 444 g/mol. The minimum absolute atomic E-state index is 0.0538. The van der Waals surface area contributed by atoms with Crippen molar-refractivity contribution in [2.45, 2.75) is 25.7 Å². The van der Waals surface area contributed by atoms with Crippen molar-refractivity contribution in [1.82, 2.24) is 4.90 Å². The van der Waals surface area contributed by atoms with Crippen LogP contribution in [0.5, 0.6) is 5.75 Å². The molecule has 11 heteroatoms. The maximum absolute atomic E-state index is 13.4. The van der Waals surface area contributed by atoms with Gasteiger partial charge in [0, 0.05) is 13.0 Å². The van der Waals surface area contributed by atoms with E-state index in [2.05, 4.69) is 11.3 Å². The Morgan fingerprint density at radius 1 is 0.893 bits per heavy atom. The maximum atomic E-state index is 13.4. The summed E-state index contributed by atoms with van der Waals surface area (Å²) < 4.78 is 70.2. The van der Waals surface area contributed by atoms with Gasteiger partial charge < -0.3 is 9.64 Å². The summed E-state index contributed by atoms with van der Waals surface area (Å²) in [7, 11) is 0. The van der Waals surface area contributed by atoms with Crippen molar-refractivity contribution < 1.29 is 36.3 Å². The summed E-state index contributed by atoms with van der Waals surface area (Å²) in [6.07, 6.45) is 0.638. The predicted octanol–water partition coefficient (Wildman–Crippen LogP) is 4.89. The Kier molecular flexibility index (Phi) is 7.06. The van der Waals surface area contributed by atoms with Gasteiger partial charge in [-0.25, -0.2) is 13.2 Å². The first-order valence-corrected chi connectivity index (χ1v) is 8.62. The highest BCUT2D eigenvalue weighted by molar-refractivity contribution is 6.50. The second-order valence-corrected chi connectivity index (χ2v) is 6.47. The van der Waals surface area contributed by atoms with Crippen molar-refractivity contribution in [3.05, 3.63) is 51.4 Å². The summed E-state index contributed by atoms with van der Waals surface area (Å²) in [5.41, 5.74) is 0.252. The number of carbonyl (C=O) groups excluding carboxylic acids is 2. The van der Waals surface area contributed by atoms with E-state index in [0.717, 1.165) is 0 Å². The Hall–Kier alpha value is -2.13. The van der Waals surface area contributed by atoms with Crippen LogP contribution in [-0.2, 0) is 9.59 Å². The van der Waals surface area contributed by atoms with Gasteiger partial charge in [-0.1, -0.05) is 36.2 Å². The molecule has 0 bridgehead atoms. The summed E-state index contributed by atoms with van der Waals surface area (Å²) in [5.74, 6) is -14.5. The van der Waals surface area contributed by atoms with Crippen LogP contribution in [0.3, 0.4) is 0 Å². The normalized spacial score (nSPS) is 14.3. The van der Waals surface area contributed by atoms with E-state index in [1.54, 1.807) is 0 Å². The molecule has 0 fully saturated rings. The fourth-order valence-electron chi connectivity index (χ4n) is 2.37. The topological polar surface area (TPSA) is 46.6 Å². The molecular formula is C17H12Cl2F5NO3. The largest absolute Gasteiger partial charge is 0.420 e. The minimum atomic E-state index is -2.34. The third kappa shape index (κ3) is 4.30. The zero-order valence-electron chi connectivity index (χ0n) is 14.1. The van der Waals surface area contributed by atoms with Crippen molar-refractivity contribution >= 4 is 35.1 Å². The number of ether oxygens (including phenoxy) is 1. The molecule has 0 saturated carbocycles. The van der Waals surface area contributed by atoms with E-state index in [4.69, 9.17) is 23.2 Å². The quantitative estimate of drug-likeness (QED) is 0.150. The molecule has 1 aromatic rings. The monoisotopic (exact) mass is 443 g/mol. The van der Waals surface area contributed by atoms with E-state index in [-0.39, 0.29) is 35.1 Å². The zero-order valence-corrected chi connectivity index (χ0v) is 15.6. The summed E-state index contributed by atoms with van der Waals surface area (Å²) >= 11 is 11.5. The number of unbranched alkanes of at least 4 members (excludes halogenated alkanes) is 2. The number of rotatable bonds is 7. The summed E-state index contributed by atoms with van der Waals surface area (Å²) in [6.45, 7) is 3.85. The average Bonchev–Trinajstić information content (AvgIpc) is 2.85. The summed E-state index contributed by atoms with van der Waals surface area (Å²) in [5, 5.41) is -0.0869. The Labute approximate surface area is 166 Å². The van der Waals surface area contributed by atoms with Crippen molar-refractivity contribution in [3.63, 3.8) is 0 Å². The molecule has 0 atom stereocenters. The Morgan fingerprint density at radius 2 is 1.43 bits per heavy atom. The molecular weight excluding hydrogens is 432 g/mol. The molecule has 28 heavy (non-hydrogen) atoms. The van der Waals surface area contributed by atoms with E-state index >= 15 is 0 Å². The molecule has 0 aliphatic carbocycles. The van der Waals surface area contributed by atoms with E-state index in [9.17, 15) is 31.5 Å².